The third-order valence-electron chi connectivity index (χ3n) is 2.67. The van der Waals surface area contributed by atoms with E-state index in [4.69, 9.17) is 10.8 Å². The third kappa shape index (κ3) is 7.27. The van der Waals surface area contributed by atoms with Gasteiger partial charge < -0.3 is 16.2 Å². The van der Waals surface area contributed by atoms with E-state index in [9.17, 15) is 9.59 Å². The number of carbonyl (C=O) groups excluding carboxylic acids is 1. The summed E-state index contributed by atoms with van der Waals surface area (Å²) in [6.45, 7) is 8.03. The smallest absolute Gasteiger partial charge is 0.308 e. The zero-order valence-electron chi connectivity index (χ0n) is 11.8. The van der Waals surface area contributed by atoms with Crippen molar-refractivity contribution in [1.82, 2.24) is 5.32 Å². The Morgan fingerprint density at radius 2 is 1.89 bits per heavy atom. The molecule has 0 aliphatic carbocycles. The lowest BCUT2D eigenvalue weighted by Gasteiger charge is -2.23. The predicted octanol–water partition coefficient (Wildman–Crippen LogP) is 1.37. The number of carboxylic acids is 1. The van der Waals surface area contributed by atoms with E-state index < -0.39 is 17.9 Å². The average molecular weight is 258 g/mol. The molecule has 106 valence electrons. The van der Waals surface area contributed by atoms with Crippen molar-refractivity contribution in [2.45, 2.75) is 53.0 Å². The summed E-state index contributed by atoms with van der Waals surface area (Å²) in [4.78, 5) is 22.7. The predicted molar refractivity (Wildman–Crippen MR) is 71.1 cm³/mol. The zero-order chi connectivity index (χ0) is 14.3. The van der Waals surface area contributed by atoms with Crippen molar-refractivity contribution in [2.75, 3.05) is 6.54 Å². The fraction of sp³-hybridized carbons (Fsp3) is 0.846. The summed E-state index contributed by atoms with van der Waals surface area (Å²) in [7, 11) is 0. The van der Waals surface area contributed by atoms with Gasteiger partial charge in [0, 0.05) is 6.54 Å². The van der Waals surface area contributed by atoms with Gasteiger partial charge in [-0.2, -0.15) is 0 Å². The summed E-state index contributed by atoms with van der Waals surface area (Å²) < 4.78 is 0. The topological polar surface area (TPSA) is 92.4 Å². The highest BCUT2D eigenvalue weighted by atomic mass is 16.4. The van der Waals surface area contributed by atoms with Crippen LogP contribution in [0.1, 0.15) is 47.0 Å². The second-order valence-electron chi connectivity index (χ2n) is 5.94. The molecule has 0 heterocycles. The quantitative estimate of drug-likeness (QED) is 0.643. The summed E-state index contributed by atoms with van der Waals surface area (Å²) in [5.41, 5.74) is 5.57. The van der Waals surface area contributed by atoms with E-state index >= 15 is 0 Å². The molecule has 0 rings (SSSR count). The van der Waals surface area contributed by atoms with E-state index in [1.54, 1.807) is 0 Å². The molecule has 18 heavy (non-hydrogen) atoms. The fourth-order valence-corrected chi connectivity index (χ4v) is 1.78. The molecule has 0 bridgehead atoms. The number of aliphatic carboxylic acids is 1. The van der Waals surface area contributed by atoms with Gasteiger partial charge in [-0.05, 0) is 18.3 Å². The first-order chi connectivity index (χ1) is 8.17. The summed E-state index contributed by atoms with van der Waals surface area (Å²) in [5.74, 6) is -1.71. The normalized spacial score (nSPS) is 14.9. The molecule has 0 fully saturated rings. The molecule has 2 atom stereocenters. The Labute approximate surface area is 109 Å². The van der Waals surface area contributed by atoms with Gasteiger partial charge in [0.25, 0.3) is 0 Å². The van der Waals surface area contributed by atoms with Crippen LogP contribution >= 0.6 is 0 Å². The Hall–Kier alpha value is -1.10. The second-order valence-corrected chi connectivity index (χ2v) is 5.94. The van der Waals surface area contributed by atoms with Gasteiger partial charge >= 0.3 is 5.97 Å². The van der Waals surface area contributed by atoms with Crippen LogP contribution in [0.4, 0.5) is 0 Å². The molecule has 5 nitrogen and oxygen atoms in total. The molecule has 0 aromatic rings. The molecule has 0 aromatic heterocycles. The SMILES string of the molecule is CCCC(N)C(=O)NCC(CC(C)(C)C)C(=O)O. The molecule has 1 amide bonds. The standard InChI is InChI=1S/C13H26N2O3/c1-5-6-10(14)11(16)15-8-9(12(17)18)7-13(2,3)4/h9-10H,5-8,14H2,1-4H3,(H,15,16)(H,17,18). The van der Waals surface area contributed by atoms with Gasteiger partial charge in [0.15, 0.2) is 0 Å². The van der Waals surface area contributed by atoms with Crippen LogP contribution in [0.3, 0.4) is 0 Å². The van der Waals surface area contributed by atoms with Crippen LogP contribution in [0.25, 0.3) is 0 Å². The monoisotopic (exact) mass is 258 g/mol. The summed E-state index contributed by atoms with van der Waals surface area (Å²) in [6, 6.07) is -0.543. The van der Waals surface area contributed by atoms with Crippen LogP contribution < -0.4 is 11.1 Å². The summed E-state index contributed by atoms with van der Waals surface area (Å²) >= 11 is 0. The molecule has 0 saturated carbocycles. The maximum Gasteiger partial charge on any atom is 0.308 e. The molecule has 0 aliphatic heterocycles. The lowest BCUT2D eigenvalue weighted by atomic mass is 9.84. The second kappa shape index (κ2) is 7.36. The number of hydrogen-bond donors (Lipinski definition) is 3. The van der Waals surface area contributed by atoms with Gasteiger partial charge in [-0.15, -0.1) is 0 Å². The minimum Gasteiger partial charge on any atom is -0.481 e. The van der Waals surface area contributed by atoms with Crippen LogP contribution in [0.2, 0.25) is 0 Å². The van der Waals surface area contributed by atoms with E-state index in [0.29, 0.717) is 12.8 Å². The van der Waals surface area contributed by atoms with Crippen LogP contribution in [-0.4, -0.2) is 29.6 Å². The maximum atomic E-state index is 11.6. The molecule has 5 heteroatoms. The van der Waals surface area contributed by atoms with Gasteiger partial charge in [-0.1, -0.05) is 34.1 Å². The van der Waals surface area contributed by atoms with Crippen molar-refractivity contribution in [1.29, 1.82) is 0 Å². The van der Waals surface area contributed by atoms with E-state index in [1.165, 1.54) is 0 Å². The number of nitrogens with two attached hydrogens (primary N) is 1. The number of rotatable bonds is 7. The van der Waals surface area contributed by atoms with Crippen molar-refractivity contribution in [3.8, 4) is 0 Å². The van der Waals surface area contributed by atoms with E-state index in [0.717, 1.165) is 6.42 Å². The first-order valence-corrected chi connectivity index (χ1v) is 6.43. The first kappa shape index (κ1) is 16.9. The summed E-state index contributed by atoms with van der Waals surface area (Å²) in [5, 5.41) is 11.7. The van der Waals surface area contributed by atoms with Crippen LogP contribution in [0, 0.1) is 11.3 Å². The van der Waals surface area contributed by atoms with Crippen molar-refractivity contribution in [3.05, 3.63) is 0 Å². The van der Waals surface area contributed by atoms with E-state index in [1.807, 2.05) is 27.7 Å². The number of carbonyl (C=O) groups is 2. The molecular weight excluding hydrogens is 232 g/mol. The molecule has 4 N–H and O–H groups in total. The molecule has 0 spiro atoms. The van der Waals surface area contributed by atoms with Crippen molar-refractivity contribution < 1.29 is 14.7 Å². The van der Waals surface area contributed by atoms with Crippen LogP contribution in [0.15, 0.2) is 0 Å². The average Bonchev–Trinajstić information content (AvgIpc) is 2.22. The Balaban J connectivity index is 4.28. The van der Waals surface area contributed by atoms with Gasteiger partial charge in [0.05, 0.1) is 12.0 Å². The van der Waals surface area contributed by atoms with Crippen LogP contribution in [0.5, 0.6) is 0 Å². The largest absolute Gasteiger partial charge is 0.481 e. The highest BCUT2D eigenvalue weighted by Gasteiger charge is 2.25. The Bertz CT molecular complexity index is 284. The number of nitrogens with one attached hydrogen (secondary N) is 1. The Morgan fingerprint density at radius 1 is 1.33 bits per heavy atom. The van der Waals surface area contributed by atoms with Gasteiger partial charge in [0.1, 0.15) is 0 Å². The van der Waals surface area contributed by atoms with Gasteiger partial charge in [-0.25, -0.2) is 0 Å². The Morgan fingerprint density at radius 3 is 2.28 bits per heavy atom. The summed E-state index contributed by atoms with van der Waals surface area (Å²) in [6.07, 6.45) is 1.97. The highest BCUT2D eigenvalue weighted by molar-refractivity contribution is 5.82. The van der Waals surface area contributed by atoms with Crippen molar-refractivity contribution >= 4 is 11.9 Å². The number of hydrogen-bond acceptors (Lipinski definition) is 3. The fourth-order valence-electron chi connectivity index (χ4n) is 1.78. The molecule has 0 saturated heterocycles. The third-order valence-corrected chi connectivity index (χ3v) is 2.67. The number of carboxylic acid groups (broad SMARTS) is 1. The van der Waals surface area contributed by atoms with Crippen LogP contribution in [-0.2, 0) is 9.59 Å². The van der Waals surface area contributed by atoms with E-state index in [2.05, 4.69) is 5.32 Å². The highest BCUT2D eigenvalue weighted by Crippen LogP contribution is 2.24. The van der Waals surface area contributed by atoms with Gasteiger partial charge in [-0.3, -0.25) is 9.59 Å². The minimum absolute atomic E-state index is 0.0840. The first-order valence-electron chi connectivity index (χ1n) is 6.43. The van der Waals surface area contributed by atoms with E-state index in [-0.39, 0.29) is 17.9 Å². The lowest BCUT2D eigenvalue weighted by Crippen LogP contribution is -2.43. The molecule has 0 radical (unpaired) electrons. The van der Waals surface area contributed by atoms with Crippen molar-refractivity contribution in [3.63, 3.8) is 0 Å². The zero-order valence-corrected chi connectivity index (χ0v) is 11.8. The number of amides is 1. The Kier molecular flexibility index (Phi) is 6.91. The van der Waals surface area contributed by atoms with Gasteiger partial charge in [0.2, 0.25) is 5.91 Å². The molecular formula is C13H26N2O3. The maximum absolute atomic E-state index is 11.6. The molecule has 2 unspecified atom stereocenters. The molecule has 0 aliphatic rings. The lowest BCUT2D eigenvalue weighted by molar-refractivity contribution is -0.142. The van der Waals surface area contributed by atoms with Crippen molar-refractivity contribution in [2.24, 2.45) is 17.1 Å². The molecule has 0 aromatic carbocycles. The minimum atomic E-state index is -0.880.